The summed E-state index contributed by atoms with van der Waals surface area (Å²) in [7, 11) is 1.93. The maximum absolute atomic E-state index is 5.92. The predicted octanol–water partition coefficient (Wildman–Crippen LogP) is 4.50. The molecule has 0 aliphatic carbocycles. The molecule has 0 spiro atoms. The van der Waals surface area contributed by atoms with Crippen molar-refractivity contribution in [2.24, 2.45) is 0 Å². The van der Waals surface area contributed by atoms with Crippen molar-refractivity contribution in [3.63, 3.8) is 0 Å². The SMILES string of the molecule is CNC(COc1cccc(Cl)c1)c1cscc1Br. The fraction of sp³-hybridized carbons (Fsp3) is 0.231. The molecule has 1 N–H and O–H groups in total. The summed E-state index contributed by atoms with van der Waals surface area (Å²) >= 11 is 11.1. The van der Waals surface area contributed by atoms with Gasteiger partial charge in [-0.25, -0.2) is 0 Å². The van der Waals surface area contributed by atoms with Crippen LogP contribution in [0.4, 0.5) is 0 Å². The molecular formula is C13H13BrClNOS. The van der Waals surface area contributed by atoms with E-state index in [1.807, 2.05) is 31.3 Å². The molecule has 0 fully saturated rings. The number of benzene rings is 1. The average molecular weight is 347 g/mol. The molecular weight excluding hydrogens is 334 g/mol. The monoisotopic (exact) mass is 345 g/mol. The standard InChI is InChI=1S/C13H13BrClNOS/c1-16-13(11-7-18-8-12(11)14)6-17-10-4-2-3-9(15)5-10/h2-5,7-8,13,16H,6H2,1H3. The van der Waals surface area contributed by atoms with Crippen LogP contribution < -0.4 is 10.1 Å². The molecule has 2 nitrogen and oxygen atoms in total. The minimum absolute atomic E-state index is 0.157. The van der Waals surface area contributed by atoms with Gasteiger partial charge in [0.15, 0.2) is 0 Å². The smallest absolute Gasteiger partial charge is 0.120 e. The van der Waals surface area contributed by atoms with Crippen LogP contribution in [0.3, 0.4) is 0 Å². The van der Waals surface area contributed by atoms with Crippen molar-refractivity contribution in [2.75, 3.05) is 13.7 Å². The Morgan fingerprint density at radius 1 is 1.44 bits per heavy atom. The van der Waals surface area contributed by atoms with E-state index in [-0.39, 0.29) is 6.04 Å². The molecule has 18 heavy (non-hydrogen) atoms. The van der Waals surface area contributed by atoms with E-state index in [9.17, 15) is 0 Å². The number of likely N-dealkylation sites (N-methyl/N-ethyl adjacent to an activating group) is 1. The lowest BCUT2D eigenvalue weighted by Crippen LogP contribution is -2.23. The van der Waals surface area contributed by atoms with Crippen LogP contribution >= 0.6 is 38.9 Å². The third kappa shape index (κ3) is 3.48. The van der Waals surface area contributed by atoms with Crippen LogP contribution in [0.15, 0.2) is 39.5 Å². The minimum atomic E-state index is 0.157. The van der Waals surface area contributed by atoms with Crippen LogP contribution in [0.25, 0.3) is 0 Å². The lowest BCUT2D eigenvalue weighted by Gasteiger charge is -2.17. The number of hydrogen-bond donors (Lipinski definition) is 1. The van der Waals surface area contributed by atoms with Gasteiger partial charge in [0.25, 0.3) is 0 Å². The van der Waals surface area contributed by atoms with Gasteiger partial charge in [0, 0.05) is 14.9 Å². The summed E-state index contributed by atoms with van der Waals surface area (Å²) in [6.45, 7) is 0.562. The second-order valence-corrected chi connectivity index (χ2v) is 5.82. The number of nitrogens with one attached hydrogen (secondary N) is 1. The van der Waals surface area contributed by atoms with E-state index >= 15 is 0 Å². The van der Waals surface area contributed by atoms with E-state index < -0.39 is 0 Å². The molecule has 0 saturated heterocycles. The maximum Gasteiger partial charge on any atom is 0.120 e. The van der Waals surface area contributed by atoms with Gasteiger partial charge < -0.3 is 10.1 Å². The zero-order valence-corrected chi connectivity index (χ0v) is 13.0. The Morgan fingerprint density at radius 3 is 2.89 bits per heavy atom. The molecule has 1 atom stereocenters. The van der Waals surface area contributed by atoms with Gasteiger partial charge in [-0.05, 0) is 52.1 Å². The molecule has 5 heteroatoms. The van der Waals surface area contributed by atoms with Crippen LogP contribution in [-0.2, 0) is 0 Å². The Balaban J connectivity index is 2.02. The molecule has 1 aromatic carbocycles. The molecule has 0 aliphatic rings. The predicted molar refractivity (Wildman–Crippen MR) is 80.8 cm³/mol. The number of thiophene rings is 1. The van der Waals surface area contributed by atoms with Crippen molar-refractivity contribution in [1.82, 2.24) is 5.32 Å². The molecule has 1 aromatic heterocycles. The van der Waals surface area contributed by atoms with Crippen molar-refractivity contribution < 1.29 is 4.74 Å². The summed E-state index contributed by atoms with van der Waals surface area (Å²) in [5, 5.41) is 8.12. The Bertz CT molecular complexity index is 517. The highest BCUT2D eigenvalue weighted by Crippen LogP contribution is 2.28. The molecule has 0 radical (unpaired) electrons. The number of hydrogen-bond acceptors (Lipinski definition) is 3. The van der Waals surface area contributed by atoms with E-state index in [4.69, 9.17) is 16.3 Å². The van der Waals surface area contributed by atoms with Crippen LogP contribution in [0.2, 0.25) is 5.02 Å². The minimum Gasteiger partial charge on any atom is -0.492 e. The third-order valence-corrected chi connectivity index (χ3v) is 4.57. The van der Waals surface area contributed by atoms with Crippen molar-refractivity contribution in [3.05, 3.63) is 50.1 Å². The van der Waals surface area contributed by atoms with Gasteiger partial charge in [0.05, 0.1) is 6.04 Å². The van der Waals surface area contributed by atoms with Gasteiger partial charge in [0.2, 0.25) is 0 Å². The second-order valence-electron chi connectivity index (χ2n) is 3.78. The van der Waals surface area contributed by atoms with Gasteiger partial charge in [-0.1, -0.05) is 17.7 Å². The summed E-state index contributed by atoms with van der Waals surface area (Å²) in [5.74, 6) is 0.786. The topological polar surface area (TPSA) is 21.3 Å². The molecule has 1 heterocycles. The summed E-state index contributed by atoms with van der Waals surface area (Å²) in [5.41, 5.74) is 1.21. The van der Waals surface area contributed by atoms with E-state index in [1.54, 1.807) is 11.3 Å². The maximum atomic E-state index is 5.92. The average Bonchev–Trinajstić information content (AvgIpc) is 2.77. The highest BCUT2D eigenvalue weighted by Gasteiger charge is 2.14. The Morgan fingerprint density at radius 2 is 2.28 bits per heavy atom. The first kappa shape index (κ1) is 13.9. The Labute approximate surface area is 124 Å². The van der Waals surface area contributed by atoms with Crippen LogP contribution in [-0.4, -0.2) is 13.7 Å². The highest BCUT2D eigenvalue weighted by molar-refractivity contribution is 9.10. The molecule has 96 valence electrons. The van der Waals surface area contributed by atoms with E-state index in [2.05, 4.69) is 32.0 Å². The van der Waals surface area contributed by atoms with Gasteiger partial charge >= 0.3 is 0 Å². The number of halogens is 2. The molecule has 2 rings (SSSR count). The Hall–Kier alpha value is -0.550. The van der Waals surface area contributed by atoms with Gasteiger partial charge in [-0.15, -0.1) is 0 Å². The fourth-order valence-electron chi connectivity index (χ4n) is 1.60. The van der Waals surface area contributed by atoms with Crippen molar-refractivity contribution in [2.45, 2.75) is 6.04 Å². The quantitative estimate of drug-likeness (QED) is 0.860. The third-order valence-electron chi connectivity index (χ3n) is 2.58. The molecule has 0 bridgehead atoms. The summed E-state index contributed by atoms with van der Waals surface area (Å²) in [6, 6.07) is 7.59. The Kier molecular flexibility index (Phi) is 5.06. The first-order valence-electron chi connectivity index (χ1n) is 5.48. The lowest BCUT2D eigenvalue weighted by molar-refractivity contribution is 0.273. The lowest BCUT2D eigenvalue weighted by atomic mass is 10.2. The van der Waals surface area contributed by atoms with Gasteiger partial charge in [0.1, 0.15) is 12.4 Å². The summed E-state index contributed by atoms with van der Waals surface area (Å²) in [6.07, 6.45) is 0. The van der Waals surface area contributed by atoms with Crippen molar-refractivity contribution >= 4 is 38.9 Å². The fourth-order valence-corrected chi connectivity index (χ4v) is 3.41. The first-order valence-corrected chi connectivity index (χ1v) is 7.59. The van der Waals surface area contributed by atoms with E-state index in [0.29, 0.717) is 11.6 Å². The van der Waals surface area contributed by atoms with Crippen molar-refractivity contribution in [3.8, 4) is 5.75 Å². The van der Waals surface area contributed by atoms with Crippen LogP contribution in [0, 0.1) is 0 Å². The first-order chi connectivity index (χ1) is 8.70. The summed E-state index contributed by atoms with van der Waals surface area (Å²) in [4.78, 5) is 0. The molecule has 0 aliphatic heterocycles. The molecule has 1 unspecified atom stereocenters. The van der Waals surface area contributed by atoms with Crippen LogP contribution in [0.1, 0.15) is 11.6 Å². The van der Waals surface area contributed by atoms with Gasteiger partial charge in [-0.2, -0.15) is 11.3 Å². The molecule has 0 amide bonds. The van der Waals surface area contributed by atoms with Crippen molar-refractivity contribution in [1.29, 1.82) is 0 Å². The molecule has 2 aromatic rings. The largest absolute Gasteiger partial charge is 0.492 e. The number of rotatable bonds is 5. The van der Waals surface area contributed by atoms with E-state index in [0.717, 1.165) is 10.2 Å². The van der Waals surface area contributed by atoms with Crippen LogP contribution in [0.5, 0.6) is 5.75 Å². The van der Waals surface area contributed by atoms with Gasteiger partial charge in [-0.3, -0.25) is 0 Å². The number of ether oxygens (including phenoxy) is 1. The highest BCUT2D eigenvalue weighted by atomic mass is 79.9. The zero-order chi connectivity index (χ0) is 13.0. The second kappa shape index (κ2) is 6.57. The van der Waals surface area contributed by atoms with E-state index in [1.165, 1.54) is 5.56 Å². The molecule has 0 saturated carbocycles. The zero-order valence-electron chi connectivity index (χ0n) is 9.82. The normalized spacial score (nSPS) is 12.4. The summed E-state index contributed by atoms with van der Waals surface area (Å²) < 4.78 is 6.87.